The van der Waals surface area contributed by atoms with Crippen molar-refractivity contribution in [1.29, 1.82) is 0 Å². The van der Waals surface area contributed by atoms with Crippen molar-refractivity contribution in [2.45, 2.75) is 31.8 Å². The lowest BCUT2D eigenvalue weighted by Crippen LogP contribution is -2.15. The Morgan fingerprint density at radius 3 is 2.76 bits per heavy atom. The summed E-state index contributed by atoms with van der Waals surface area (Å²) in [7, 11) is 0. The van der Waals surface area contributed by atoms with E-state index in [0.29, 0.717) is 17.0 Å². The van der Waals surface area contributed by atoms with Gasteiger partial charge in [0, 0.05) is 23.5 Å². The minimum atomic E-state index is -0.325. The fourth-order valence-corrected chi connectivity index (χ4v) is 3.65. The molecule has 21 heavy (non-hydrogen) atoms. The second kappa shape index (κ2) is 6.00. The molecule has 3 rings (SSSR count). The molecule has 1 aromatic heterocycles. The Labute approximate surface area is 129 Å². The van der Waals surface area contributed by atoms with E-state index in [-0.39, 0.29) is 5.91 Å². The van der Waals surface area contributed by atoms with E-state index in [2.05, 4.69) is 42.2 Å². The summed E-state index contributed by atoms with van der Waals surface area (Å²) in [6, 6.07) is 15.7. The Hall–Kier alpha value is -1.65. The lowest BCUT2D eigenvalue weighted by Gasteiger charge is -2.13. The number of rotatable bonds is 6. The molecule has 1 aliphatic heterocycles. The van der Waals surface area contributed by atoms with Gasteiger partial charge in [0.15, 0.2) is 0 Å². The van der Waals surface area contributed by atoms with E-state index in [1.165, 1.54) is 21.8 Å². The first-order chi connectivity index (χ1) is 10.1. The van der Waals surface area contributed by atoms with Gasteiger partial charge >= 0.3 is 0 Å². The Balaban J connectivity index is 1.51. The van der Waals surface area contributed by atoms with Gasteiger partial charge in [0.1, 0.15) is 0 Å². The SMILES string of the molecule is C[C@@H](CCc1ccc(C(N)=O)s1)N1C[C@@H]1c1ccccc1. The van der Waals surface area contributed by atoms with Gasteiger partial charge in [-0.05, 0) is 37.5 Å². The van der Waals surface area contributed by atoms with Crippen LogP contribution in [0.15, 0.2) is 42.5 Å². The van der Waals surface area contributed by atoms with E-state index in [1.807, 2.05) is 12.1 Å². The molecule has 0 radical (unpaired) electrons. The van der Waals surface area contributed by atoms with Crippen molar-refractivity contribution < 1.29 is 4.79 Å². The highest BCUT2D eigenvalue weighted by Crippen LogP contribution is 2.37. The number of amides is 1. The molecule has 1 amide bonds. The lowest BCUT2D eigenvalue weighted by molar-refractivity contribution is 0.100. The molecule has 0 saturated carbocycles. The van der Waals surface area contributed by atoms with E-state index < -0.39 is 0 Å². The van der Waals surface area contributed by atoms with Crippen LogP contribution in [0.5, 0.6) is 0 Å². The van der Waals surface area contributed by atoms with E-state index in [4.69, 9.17) is 5.73 Å². The van der Waals surface area contributed by atoms with Crippen LogP contribution in [0.4, 0.5) is 0 Å². The molecule has 0 aliphatic carbocycles. The molecular formula is C17H20N2OS. The number of benzene rings is 1. The summed E-state index contributed by atoms with van der Waals surface area (Å²) in [6.07, 6.45) is 2.12. The number of nitrogens with zero attached hydrogens (tertiary/aromatic N) is 1. The van der Waals surface area contributed by atoms with Crippen LogP contribution in [0.2, 0.25) is 0 Å². The molecule has 1 fully saturated rings. The third-order valence-electron chi connectivity index (χ3n) is 4.11. The summed E-state index contributed by atoms with van der Waals surface area (Å²) in [5.41, 5.74) is 6.70. The average molecular weight is 300 g/mol. The molecule has 2 heterocycles. The Morgan fingerprint density at radius 1 is 1.33 bits per heavy atom. The van der Waals surface area contributed by atoms with Crippen LogP contribution in [-0.4, -0.2) is 23.4 Å². The molecule has 3 atom stereocenters. The molecule has 4 heteroatoms. The van der Waals surface area contributed by atoms with Crippen LogP contribution in [-0.2, 0) is 6.42 Å². The number of nitrogens with two attached hydrogens (primary N) is 1. The maximum absolute atomic E-state index is 11.1. The topological polar surface area (TPSA) is 46.1 Å². The normalized spacial score (nSPS) is 22.0. The van der Waals surface area contributed by atoms with Gasteiger partial charge in [-0.1, -0.05) is 30.3 Å². The van der Waals surface area contributed by atoms with E-state index in [9.17, 15) is 4.79 Å². The summed E-state index contributed by atoms with van der Waals surface area (Å²) in [5.74, 6) is -0.325. The third-order valence-corrected chi connectivity index (χ3v) is 5.27. The molecule has 0 bridgehead atoms. The Kier molecular flexibility index (Phi) is 4.08. The predicted octanol–water partition coefficient (Wildman–Crippen LogP) is 3.23. The van der Waals surface area contributed by atoms with Crippen molar-refractivity contribution in [2.75, 3.05) is 6.54 Å². The van der Waals surface area contributed by atoms with Crippen LogP contribution in [0.3, 0.4) is 0 Å². The van der Waals surface area contributed by atoms with Crippen LogP contribution in [0, 0.1) is 0 Å². The molecule has 2 aromatic rings. The standard InChI is InChI=1S/C17H20N2OS/c1-12(7-8-14-9-10-16(21-14)17(18)20)19-11-15(19)13-5-3-2-4-6-13/h2-6,9-10,12,15H,7-8,11H2,1H3,(H2,18,20)/t12-,15+,19?/m0/s1. The molecule has 1 aliphatic rings. The highest BCUT2D eigenvalue weighted by atomic mass is 32.1. The lowest BCUT2D eigenvalue weighted by atomic mass is 10.1. The van der Waals surface area contributed by atoms with Crippen LogP contribution < -0.4 is 5.73 Å². The quantitative estimate of drug-likeness (QED) is 0.833. The molecule has 1 saturated heterocycles. The highest BCUT2D eigenvalue weighted by Gasteiger charge is 2.38. The molecule has 0 spiro atoms. The molecular weight excluding hydrogens is 280 g/mol. The first kappa shape index (κ1) is 14.3. The molecule has 1 aromatic carbocycles. The summed E-state index contributed by atoms with van der Waals surface area (Å²) in [4.78, 5) is 15.5. The summed E-state index contributed by atoms with van der Waals surface area (Å²) < 4.78 is 0. The summed E-state index contributed by atoms with van der Waals surface area (Å²) in [6.45, 7) is 3.44. The minimum Gasteiger partial charge on any atom is -0.365 e. The van der Waals surface area contributed by atoms with Crippen molar-refractivity contribution in [3.05, 3.63) is 57.8 Å². The van der Waals surface area contributed by atoms with Crippen molar-refractivity contribution in [1.82, 2.24) is 4.90 Å². The number of hydrogen-bond acceptors (Lipinski definition) is 3. The summed E-state index contributed by atoms with van der Waals surface area (Å²) in [5, 5.41) is 0. The third kappa shape index (κ3) is 3.34. The van der Waals surface area contributed by atoms with Crippen molar-refractivity contribution in [3.8, 4) is 0 Å². The fraction of sp³-hybridized carbons (Fsp3) is 0.353. The van der Waals surface area contributed by atoms with Crippen molar-refractivity contribution >= 4 is 17.2 Å². The highest BCUT2D eigenvalue weighted by molar-refractivity contribution is 7.14. The zero-order chi connectivity index (χ0) is 14.8. The molecule has 110 valence electrons. The van der Waals surface area contributed by atoms with Gasteiger partial charge in [0.2, 0.25) is 0 Å². The second-order valence-corrected chi connectivity index (χ2v) is 6.81. The van der Waals surface area contributed by atoms with E-state index in [1.54, 1.807) is 0 Å². The van der Waals surface area contributed by atoms with Crippen LogP contribution in [0.1, 0.15) is 39.5 Å². The zero-order valence-corrected chi connectivity index (χ0v) is 13.0. The zero-order valence-electron chi connectivity index (χ0n) is 12.2. The minimum absolute atomic E-state index is 0.325. The monoisotopic (exact) mass is 300 g/mol. The maximum Gasteiger partial charge on any atom is 0.258 e. The Morgan fingerprint density at radius 2 is 2.10 bits per heavy atom. The molecule has 3 nitrogen and oxygen atoms in total. The number of primary amides is 1. The number of aryl methyl sites for hydroxylation is 1. The number of carbonyl (C=O) groups is 1. The van der Waals surface area contributed by atoms with Gasteiger partial charge in [-0.15, -0.1) is 11.3 Å². The van der Waals surface area contributed by atoms with Crippen LogP contribution >= 0.6 is 11.3 Å². The largest absolute Gasteiger partial charge is 0.365 e. The van der Waals surface area contributed by atoms with Crippen molar-refractivity contribution in [2.24, 2.45) is 5.73 Å². The Bertz CT molecular complexity index is 623. The molecule has 2 N–H and O–H groups in total. The average Bonchev–Trinajstić information content (AvgIpc) is 3.15. The number of hydrogen-bond donors (Lipinski definition) is 1. The molecule has 1 unspecified atom stereocenters. The van der Waals surface area contributed by atoms with Gasteiger partial charge in [0.25, 0.3) is 5.91 Å². The first-order valence-electron chi connectivity index (χ1n) is 7.34. The van der Waals surface area contributed by atoms with Crippen molar-refractivity contribution in [3.63, 3.8) is 0 Å². The smallest absolute Gasteiger partial charge is 0.258 e. The predicted molar refractivity (Wildman–Crippen MR) is 86.5 cm³/mol. The first-order valence-corrected chi connectivity index (χ1v) is 8.16. The summed E-state index contributed by atoms with van der Waals surface area (Å²) >= 11 is 1.52. The fourth-order valence-electron chi connectivity index (χ4n) is 2.77. The van der Waals surface area contributed by atoms with Gasteiger partial charge < -0.3 is 5.73 Å². The van der Waals surface area contributed by atoms with Gasteiger partial charge in [-0.3, -0.25) is 9.69 Å². The van der Waals surface area contributed by atoms with E-state index >= 15 is 0 Å². The van der Waals surface area contributed by atoms with Gasteiger partial charge in [-0.25, -0.2) is 0 Å². The number of thiophene rings is 1. The van der Waals surface area contributed by atoms with Crippen LogP contribution in [0.25, 0.3) is 0 Å². The number of carbonyl (C=O) groups excluding carboxylic acids is 1. The van der Waals surface area contributed by atoms with E-state index in [0.717, 1.165) is 19.4 Å². The second-order valence-electron chi connectivity index (χ2n) is 5.64. The maximum atomic E-state index is 11.1. The van der Waals surface area contributed by atoms with Gasteiger partial charge in [-0.2, -0.15) is 0 Å². The van der Waals surface area contributed by atoms with Gasteiger partial charge in [0.05, 0.1) is 4.88 Å².